The van der Waals surface area contributed by atoms with Crippen molar-refractivity contribution in [3.8, 4) is 5.88 Å². The largest absolute Gasteiger partial charge is 0.481 e. The third kappa shape index (κ3) is 4.68. The summed E-state index contributed by atoms with van der Waals surface area (Å²) < 4.78 is 5.63. The quantitative estimate of drug-likeness (QED) is 0.806. The van der Waals surface area contributed by atoms with Crippen LogP contribution in [0.25, 0.3) is 0 Å². The van der Waals surface area contributed by atoms with Crippen LogP contribution in [0.2, 0.25) is 0 Å². The van der Waals surface area contributed by atoms with Gasteiger partial charge >= 0.3 is 5.97 Å². The molecule has 1 aliphatic rings. The minimum Gasteiger partial charge on any atom is -0.481 e. The molecular formula is C17H24N2O4. The van der Waals surface area contributed by atoms with E-state index >= 15 is 0 Å². The Morgan fingerprint density at radius 2 is 2.13 bits per heavy atom. The molecule has 1 aromatic rings. The summed E-state index contributed by atoms with van der Waals surface area (Å²) in [6, 6.07) is 3.22. The fourth-order valence-corrected chi connectivity index (χ4v) is 2.90. The van der Waals surface area contributed by atoms with Gasteiger partial charge in [-0.2, -0.15) is 0 Å². The molecule has 0 saturated heterocycles. The van der Waals surface area contributed by atoms with Crippen molar-refractivity contribution in [1.82, 2.24) is 10.3 Å². The van der Waals surface area contributed by atoms with Gasteiger partial charge < -0.3 is 15.2 Å². The van der Waals surface area contributed by atoms with Gasteiger partial charge in [0.25, 0.3) is 5.91 Å². The van der Waals surface area contributed by atoms with E-state index in [1.165, 1.54) is 6.20 Å². The lowest BCUT2D eigenvalue weighted by molar-refractivity contribution is -0.138. The second kappa shape index (κ2) is 7.44. The molecule has 0 radical (unpaired) electrons. The van der Waals surface area contributed by atoms with Crippen molar-refractivity contribution in [3.63, 3.8) is 0 Å². The Bertz CT molecular complexity index is 567. The Labute approximate surface area is 136 Å². The molecule has 1 aliphatic carbocycles. The maximum atomic E-state index is 12.5. The zero-order chi connectivity index (χ0) is 16.9. The summed E-state index contributed by atoms with van der Waals surface area (Å²) in [5.41, 5.74) is -0.195. The van der Waals surface area contributed by atoms with E-state index in [1.807, 2.05) is 13.8 Å². The average molecular weight is 320 g/mol. The monoisotopic (exact) mass is 320 g/mol. The molecule has 126 valence electrons. The number of ether oxygens (including phenoxy) is 1. The van der Waals surface area contributed by atoms with Crippen molar-refractivity contribution in [3.05, 3.63) is 23.9 Å². The number of nitrogens with zero attached hydrogens (tertiary/aromatic N) is 1. The fraction of sp³-hybridized carbons (Fsp3) is 0.588. The average Bonchev–Trinajstić information content (AvgIpc) is 2.94. The Morgan fingerprint density at radius 3 is 2.74 bits per heavy atom. The van der Waals surface area contributed by atoms with E-state index < -0.39 is 11.5 Å². The summed E-state index contributed by atoms with van der Waals surface area (Å²) >= 11 is 0. The van der Waals surface area contributed by atoms with Gasteiger partial charge in [-0.3, -0.25) is 9.59 Å². The van der Waals surface area contributed by atoms with Gasteiger partial charge in [-0.15, -0.1) is 0 Å². The van der Waals surface area contributed by atoms with Gasteiger partial charge in [0.05, 0.1) is 18.1 Å². The van der Waals surface area contributed by atoms with Crippen LogP contribution in [0, 0.1) is 0 Å². The van der Waals surface area contributed by atoms with Crippen LogP contribution >= 0.6 is 0 Å². The third-order valence-corrected chi connectivity index (χ3v) is 4.32. The first-order chi connectivity index (χ1) is 10.9. The number of carboxylic acid groups (broad SMARTS) is 1. The highest BCUT2D eigenvalue weighted by molar-refractivity contribution is 5.95. The second-order valence-corrected chi connectivity index (χ2v) is 6.23. The topological polar surface area (TPSA) is 88.5 Å². The number of rotatable bonds is 7. The predicted octanol–water partition coefficient (Wildman–Crippen LogP) is 2.78. The lowest BCUT2D eigenvalue weighted by Gasteiger charge is -2.28. The van der Waals surface area contributed by atoms with Gasteiger partial charge in [-0.05, 0) is 32.3 Å². The number of aromatic nitrogens is 1. The highest BCUT2D eigenvalue weighted by Gasteiger charge is 2.37. The zero-order valence-electron chi connectivity index (χ0n) is 13.7. The molecule has 0 aliphatic heterocycles. The van der Waals surface area contributed by atoms with Crippen LogP contribution in [0.1, 0.15) is 62.7 Å². The van der Waals surface area contributed by atoms with Gasteiger partial charge in [0.15, 0.2) is 0 Å². The maximum Gasteiger partial charge on any atom is 0.305 e. The minimum absolute atomic E-state index is 0.0222. The molecule has 1 heterocycles. The SMILES string of the molecule is CCC(C)Oc1cc(C(=O)NC2(CC(=O)O)CCCC2)ccn1. The molecule has 2 N–H and O–H groups in total. The van der Waals surface area contributed by atoms with Crippen LogP contribution in [0.4, 0.5) is 0 Å². The van der Waals surface area contributed by atoms with Crippen LogP contribution in [-0.4, -0.2) is 33.6 Å². The number of carbonyl (C=O) groups is 2. The number of hydrogen-bond donors (Lipinski definition) is 2. The van der Waals surface area contributed by atoms with Crippen molar-refractivity contribution < 1.29 is 19.4 Å². The first kappa shape index (κ1) is 17.2. The lowest BCUT2D eigenvalue weighted by Crippen LogP contribution is -2.47. The van der Waals surface area contributed by atoms with E-state index in [0.717, 1.165) is 19.3 Å². The van der Waals surface area contributed by atoms with Crippen molar-refractivity contribution >= 4 is 11.9 Å². The first-order valence-corrected chi connectivity index (χ1v) is 8.11. The third-order valence-electron chi connectivity index (χ3n) is 4.32. The number of hydrogen-bond acceptors (Lipinski definition) is 4. The van der Waals surface area contributed by atoms with E-state index in [9.17, 15) is 9.59 Å². The van der Waals surface area contributed by atoms with Crippen molar-refractivity contribution in [2.45, 2.75) is 64.0 Å². The zero-order valence-corrected chi connectivity index (χ0v) is 13.7. The van der Waals surface area contributed by atoms with Crippen LogP contribution in [0.15, 0.2) is 18.3 Å². The summed E-state index contributed by atoms with van der Waals surface area (Å²) in [6.45, 7) is 3.95. The number of carboxylic acids is 1. The number of nitrogens with one attached hydrogen (secondary N) is 1. The Kier molecular flexibility index (Phi) is 5.58. The van der Waals surface area contributed by atoms with Gasteiger partial charge in [0.2, 0.25) is 5.88 Å². The molecule has 0 aromatic carbocycles. The summed E-state index contributed by atoms with van der Waals surface area (Å²) in [5.74, 6) is -0.752. The van der Waals surface area contributed by atoms with Gasteiger partial charge in [0.1, 0.15) is 0 Å². The molecule has 23 heavy (non-hydrogen) atoms. The van der Waals surface area contributed by atoms with Crippen LogP contribution in [-0.2, 0) is 4.79 Å². The van der Waals surface area contributed by atoms with Crippen molar-refractivity contribution in [1.29, 1.82) is 0 Å². The standard InChI is InChI=1S/C17H24N2O4/c1-3-12(2)23-14-10-13(6-9-18-14)16(22)19-17(11-15(20)21)7-4-5-8-17/h6,9-10,12H,3-5,7-8,11H2,1-2H3,(H,19,22)(H,20,21). The Balaban J connectivity index is 2.10. The molecule has 1 amide bonds. The summed E-state index contributed by atoms with van der Waals surface area (Å²) in [7, 11) is 0. The van der Waals surface area contributed by atoms with Gasteiger partial charge in [0, 0.05) is 17.8 Å². The normalized spacial score (nSPS) is 17.5. The minimum atomic E-state index is -0.886. The molecule has 0 spiro atoms. The number of aliphatic carboxylic acids is 1. The van der Waals surface area contributed by atoms with Gasteiger partial charge in [-0.1, -0.05) is 19.8 Å². The van der Waals surface area contributed by atoms with E-state index in [-0.39, 0.29) is 18.4 Å². The number of amides is 1. The second-order valence-electron chi connectivity index (χ2n) is 6.23. The summed E-state index contributed by atoms with van der Waals surface area (Å²) in [4.78, 5) is 27.7. The molecule has 1 saturated carbocycles. The maximum absolute atomic E-state index is 12.5. The van der Waals surface area contributed by atoms with Crippen LogP contribution in [0.5, 0.6) is 5.88 Å². The van der Waals surface area contributed by atoms with E-state index in [1.54, 1.807) is 12.1 Å². The number of carbonyl (C=O) groups excluding carboxylic acids is 1. The fourth-order valence-electron chi connectivity index (χ4n) is 2.90. The molecule has 2 rings (SSSR count). The predicted molar refractivity (Wildman–Crippen MR) is 85.5 cm³/mol. The molecule has 1 atom stereocenters. The summed E-state index contributed by atoms with van der Waals surface area (Å²) in [6.07, 6.45) is 5.64. The molecule has 1 fully saturated rings. The number of pyridine rings is 1. The van der Waals surface area contributed by atoms with Crippen molar-refractivity contribution in [2.24, 2.45) is 0 Å². The molecule has 6 nitrogen and oxygen atoms in total. The Hall–Kier alpha value is -2.11. The first-order valence-electron chi connectivity index (χ1n) is 8.11. The summed E-state index contributed by atoms with van der Waals surface area (Å²) in [5, 5.41) is 12.0. The molecule has 1 unspecified atom stereocenters. The highest BCUT2D eigenvalue weighted by Crippen LogP contribution is 2.33. The molecule has 1 aromatic heterocycles. The lowest BCUT2D eigenvalue weighted by atomic mass is 9.92. The molecule has 6 heteroatoms. The Morgan fingerprint density at radius 1 is 1.43 bits per heavy atom. The highest BCUT2D eigenvalue weighted by atomic mass is 16.5. The van der Waals surface area contributed by atoms with E-state index in [2.05, 4.69) is 10.3 Å². The van der Waals surface area contributed by atoms with Gasteiger partial charge in [-0.25, -0.2) is 4.98 Å². The molecular weight excluding hydrogens is 296 g/mol. The van der Waals surface area contributed by atoms with Crippen LogP contribution in [0.3, 0.4) is 0 Å². The molecule has 0 bridgehead atoms. The van der Waals surface area contributed by atoms with Crippen LogP contribution < -0.4 is 10.1 Å². The smallest absolute Gasteiger partial charge is 0.305 e. The van der Waals surface area contributed by atoms with Crippen molar-refractivity contribution in [2.75, 3.05) is 0 Å². The van der Waals surface area contributed by atoms with E-state index in [0.29, 0.717) is 24.3 Å². The van der Waals surface area contributed by atoms with E-state index in [4.69, 9.17) is 9.84 Å².